The molecule has 0 aromatic heterocycles. The van der Waals surface area contributed by atoms with Gasteiger partial charge in [-0.2, -0.15) is 0 Å². The Hall–Kier alpha value is -2.53. The lowest BCUT2D eigenvalue weighted by Crippen LogP contribution is -2.46. The topological polar surface area (TPSA) is 42.0 Å². The van der Waals surface area contributed by atoms with Crippen LogP contribution in [-0.2, 0) is 4.79 Å². The lowest BCUT2D eigenvalue weighted by atomic mass is 10.2. The molecule has 1 aliphatic heterocycles. The molecule has 1 heterocycles. The van der Waals surface area contributed by atoms with Crippen LogP contribution in [0.1, 0.15) is 19.8 Å². The molecule has 0 bridgehead atoms. The van der Waals surface area contributed by atoms with Crippen molar-refractivity contribution in [2.45, 2.75) is 19.8 Å². The van der Waals surface area contributed by atoms with Crippen LogP contribution in [0, 0.1) is 0 Å². The van der Waals surface area contributed by atoms with Crippen molar-refractivity contribution in [2.75, 3.05) is 44.2 Å². The Morgan fingerprint density at radius 2 is 1.56 bits per heavy atom. The van der Waals surface area contributed by atoms with Gasteiger partial charge >= 0.3 is 5.97 Å². The summed E-state index contributed by atoms with van der Waals surface area (Å²) in [5.74, 6) is 1.04. The van der Waals surface area contributed by atoms with Crippen LogP contribution >= 0.6 is 0 Å². The summed E-state index contributed by atoms with van der Waals surface area (Å²) in [6, 6.07) is 17.8. The highest BCUT2D eigenvalue weighted by atomic mass is 16.5. The molecule has 3 rings (SSSR count). The van der Waals surface area contributed by atoms with E-state index in [4.69, 9.17) is 9.47 Å². The van der Waals surface area contributed by atoms with Crippen LogP contribution in [0.3, 0.4) is 0 Å². The number of unbranched alkanes of at least 4 members (excludes halogenated alkanes) is 1. The number of para-hydroxylation sites is 1. The summed E-state index contributed by atoms with van der Waals surface area (Å²) in [6.45, 7) is 7.64. The van der Waals surface area contributed by atoms with E-state index in [1.165, 1.54) is 12.6 Å². The zero-order chi connectivity index (χ0) is 18.9. The fraction of sp³-hybridized carbons (Fsp3) is 0.409. The van der Waals surface area contributed by atoms with E-state index >= 15 is 0 Å². The van der Waals surface area contributed by atoms with Gasteiger partial charge < -0.3 is 14.4 Å². The fourth-order valence-electron chi connectivity index (χ4n) is 3.27. The van der Waals surface area contributed by atoms with Gasteiger partial charge in [0.2, 0.25) is 0 Å². The number of anilines is 1. The van der Waals surface area contributed by atoms with E-state index in [0.717, 1.165) is 51.3 Å². The van der Waals surface area contributed by atoms with Gasteiger partial charge in [0.15, 0.2) is 0 Å². The first kappa shape index (κ1) is 19.2. The van der Waals surface area contributed by atoms with E-state index in [2.05, 4.69) is 40.1 Å². The fourth-order valence-corrected chi connectivity index (χ4v) is 3.27. The molecule has 27 heavy (non-hydrogen) atoms. The minimum Gasteiger partial charge on any atom is -0.494 e. The number of benzene rings is 2. The second-order valence-corrected chi connectivity index (χ2v) is 6.78. The van der Waals surface area contributed by atoms with E-state index in [-0.39, 0.29) is 5.97 Å². The summed E-state index contributed by atoms with van der Waals surface area (Å²) in [4.78, 5) is 15.9. The van der Waals surface area contributed by atoms with E-state index < -0.39 is 0 Å². The van der Waals surface area contributed by atoms with Gasteiger partial charge in [0.25, 0.3) is 0 Å². The van der Waals surface area contributed by atoms with Crippen molar-refractivity contribution in [3.8, 4) is 11.5 Å². The van der Waals surface area contributed by atoms with Gasteiger partial charge in [-0.25, -0.2) is 0 Å². The molecule has 0 amide bonds. The van der Waals surface area contributed by atoms with Crippen molar-refractivity contribution in [2.24, 2.45) is 0 Å². The Labute approximate surface area is 161 Å². The summed E-state index contributed by atoms with van der Waals surface area (Å²) in [5.41, 5.74) is 1.32. The summed E-state index contributed by atoms with van der Waals surface area (Å²) >= 11 is 0. The lowest BCUT2D eigenvalue weighted by molar-refractivity contribution is -0.131. The van der Waals surface area contributed by atoms with Crippen LogP contribution in [-0.4, -0.2) is 50.2 Å². The maximum Gasteiger partial charge on any atom is 0.308 e. The number of carbonyl (C=O) groups is 1. The molecule has 5 heteroatoms. The quantitative estimate of drug-likeness (QED) is 0.405. The molecule has 2 aromatic carbocycles. The lowest BCUT2D eigenvalue weighted by Gasteiger charge is -2.36. The normalized spacial score (nSPS) is 14.8. The highest BCUT2D eigenvalue weighted by Crippen LogP contribution is 2.18. The Morgan fingerprint density at radius 1 is 0.889 bits per heavy atom. The number of hydrogen-bond acceptors (Lipinski definition) is 5. The predicted octanol–water partition coefficient (Wildman–Crippen LogP) is 3.59. The molecular weight excluding hydrogens is 340 g/mol. The first-order valence-electron chi connectivity index (χ1n) is 9.64. The molecule has 0 aliphatic carbocycles. The Balaban J connectivity index is 1.28. The minimum atomic E-state index is -0.312. The Morgan fingerprint density at radius 3 is 2.22 bits per heavy atom. The third-order valence-electron chi connectivity index (χ3n) is 4.72. The number of hydrogen-bond donors (Lipinski definition) is 0. The zero-order valence-electron chi connectivity index (χ0n) is 16.0. The molecule has 1 saturated heterocycles. The molecule has 144 valence electrons. The molecule has 0 N–H and O–H groups in total. The van der Waals surface area contributed by atoms with Crippen molar-refractivity contribution in [3.63, 3.8) is 0 Å². The van der Waals surface area contributed by atoms with Gasteiger partial charge in [-0.05, 0) is 55.8 Å². The summed E-state index contributed by atoms with van der Waals surface area (Å²) in [6.07, 6.45) is 2.17. The minimum absolute atomic E-state index is 0.312. The molecular formula is C22H28N2O3. The van der Waals surface area contributed by atoms with Crippen LogP contribution in [0.5, 0.6) is 11.5 Å². The highest BCUT2D eigenvalue weighted by molar-refractivity contribution is 5.69. The van der Waals surface area contributed by atoms with Crippen molar-refractivity contribution in [3.05, 3.63) is 54.6 Å². The number of esters is 1. The van der Waals surface area contributed by atoms with E-state index in [1.807, 2.05) is 12.1 Å². The zero-order valence-corrected chi connectivity index (χ0v) is 16.0. The Bertz CT molecular complexity index is 695. The maximum atomic E-state index is 10.9. The second-order valence-electron chi connectivity index (χ2n) is 6.78. The molecule has 1 aliphatic rings. The van der Waals surface area contributed by atoms with Crippen LogP contribution in [0.25, 0.3) is 0 Å². The van der Waals surface area contributed by atoms with Gasteiger partial charge in [-0.3, -0.25) is 9.69 Å². The Kier molecular flexibility index (Phi) is 7.11. The summed E-state index contributed by atoms with van der Waals surface area (Å²) < 4.78 is 10.8. The van der Waals surface area contributed by atoms with Crippen LogP contribution in [0.4, 0.5) is 5.69 Å². The highest BCUT2D eigenvalue weighted by Gasteiger charge is 2.16. The van der Waals surface area contributed by atoms with Crippen molar-refractivity contribution in [1.29, 1.82) is 0 Å². The van der Waals surface area contributed by atoms with E-state index in [1.54, 1.807) is 12.1 Å². The van der Waals surface area contributed by atoms with Gasteiger partial charge in [0.1, 0.15) is 11.5 Å². The number of carbonyl (C=O) groups excluding carboxylic acids is 1. The van der Waals surface area contributed by atoms with Crippen molar-refractivity contribution >= 4 is 11.7 Å². The predicted molar refractivity (Wildman–Crippen MR) is 108 cm³/mol. The first-order chi connectivity index (χ1) is 13.2. The monoisotopic (exact) mass is 368 g/mol. The second kappa shape index (κ2) is 9.97. The van der Waals surface area contributed by atoms with Crippen LogP contribution in [0.2, 0.25) is 0 Å². The van der Waals surface area contributed by atoms with Gasteiger partial charge in [0, 0.05) is 38.8 Å². The van der Waals surface area contributed by atoms with Crippen molar-refractivity contribution < 1.29 is 14.3 Å². The first-order valence-corrected chi connectivity index (χ1v) is 9.64. The molecule has 0 unspecified atom stereocenters. The van der Waals surface area contributed by atoms with E-state index in [9.17, 15) is 4.79 Å². The SMILES string of the molecule is CC(=O)Oc1ccc(OCCCCN2CCN(c3ccccc3)CC2)cc1. The summed E-state index contributed by atoms with van der Waals surface area (Å²) in [5, 5.41) is 0. The maximum absolute atomic E-state index is 10.9. The number of ether oxygens (including phenoxy) is 2. The molecule has 0 saturated carbocycles. The van der Waals surface area contributed by atoms with Crippen molar-refractivity contribution in [1.82, 2.24) is 4.90 Å². The van der Waals surface area contributed by atoms with E-state index in [0.29, 0.717) is 12.4 Å². The number of piperazine rings is 1. The number of nitrogens with zero attached hydrogens (tertiary/aromatic N) is 2. The molecule has 0 spiro atoms. The van der Waals surface area contributed by atoms with Gasteiger partial charge in [0.05, 0.1) is 6.61 Å². The largest absolute Gasteiger partial charge is 0.494 e. The molecule has 1 fully saturated rings. The van der Waals surface area contributed by atoms with Crippen LogP contribution in [0.15, 0.2) is 54.6 Å². The summed E-state index contributed by atoms with van der Waals surface area (Å²) in [7, 11) is 0. The van der Waals surface area contributed by atoms with Crippen LogP contribution < -0.4 is 14.4 Å². The average molecular weight is 368 g/mol. The van der Waals surface area contributed by atoms with Gasteiger partial charge in [-0.15, -0.1) is 0 Å². The molecule has 0 atom stereocenters. The average Bonchev–Trinajstić information content (AvgIpc) is 2.70. The standard InChI is InChI=1S/C22H28N2O3/c1-19(25)27-22-11-9-21(10-12-22)26-18-6-5-13-23-14-16-24(17-15-23)20-7-3-2-4-8-20/h2-4,7-12H,5-6,13-18H2,1H3. The smallest absolute Gasteiger partial charge is 0.308 e. The molecule has 2 aromatic rings. The number of rotatable bonds is 8. The van der Waals surface area contributed by atoms with Gasteiger partial charge in [-0.1, -0.05) is 18.2 Å². The molecule has 0 radical (unpaired) electrons. The third-order valence-corrected chi connectivity index (χ3v) is 4.72. The molecule has 5 nitrogen and oxygen atoms in total. The third kappa shape index (κ3) is 6.29.